The molecule has 0 spiro atoms. The third-order valence-electron chi connectivity index (χ3n) is 18.1. The van der Waals surface area contributed by atoms with Gasteiger partial charge in [-0.1, -0.05) is 119 Å². The Morgan fingerprint density at radius 2 is 0.667 bits per heavy atom. The maximum atomic E-state index is 15.3. The van der Waals surface area contributed by atoms with E-state index in [1.807, 2.05) is 30.3 Å². The molecule has 0 N–H and O–H groups in total. The summed E-state index contributed by atoms with van der Waals surface area (Å²) in [6.07, 6.45) is -4.63. The van der Waals surface area contributed by atoms with Crippen molar-refractivity contribution in [3.05, 3.63) is 265 Å². The van der Waals surface area contributed by atoms with Crippen molar-refractivity contribution in [2.24, 2.45) is 0 Å². The highest BCUT2D eigenvalue weighted by molar-refractivity contribution is 6.14. The van der Waals surface area contributed by atoms with E-state index in [1.165, 1.54) is 101 Å². The van der Waals surface area contributed by atoms with Gasteiger partial charge in [-0.3, -0.25) is 0 Å². The topological polar surface area (TPSA) is 14.2 Å². The average molecular weight is 1140 g/mol. The van der Waals surface area contributed by atoms with Crippen molar-refractivity contribution >= 4 is 49.3 Å². The first-order valence-electron chi connectivity index (χ1n) is 29.9. The largest absolute Gasteiger partial charge is 0.417 e. The number of hydrogen-bond acceptors (Lipinski definition) is 0. The van der Waals surface area contributed by atoms with Gasteiger partial charge in [0.25, 0.3) is 0 Å². The summed E-state index contributed by atoms with van der Waals surface area (Å²) in [6, 6.07) is 60.9. The summed E-state index contributed by atoms with van der Waals surface area (Å²) in [7, 11) is 0. The van der Waals surface area contributed by atoms with Crippen LogP contribution in [0.3, 0.4) is 0 Å². The molecule has 2 heterocycles. The molecule has 0 atom stereocenters. The minimum Gasteiger partial charge on any atom is -0.309 e. The zero-order valence-electron chi connectivity index (χ0n) is 51.7. The lowest BCUT2D eigenvalue weighted by atomic mass is 9.91. The quantitative estimate of drug-likeness (QED) is 0.135. The van der Waals surface area contributed by atoms with Crippen LogP contribution in [-0.4, -0.2) is 9.13 Å². The normalized spacial score (nSPS) is 11.9. The first kappa shape index (κ1) is 56.4. The number of nitrogens with zero attached hydrogens (tertiary/aromatic N) is 3. The van der Waals surface area contributed by atoms with Crippen LogP contribution in [0.2, 0.25) is 0 Å². The van der Waals surface area contributed by atoms with Crippen LogP contribution in [0.1, 0.15) is 77.9 Å². The Balaban J connectivity index is 1.11. The summed E-state index contributed by atoms with van der Waals surface area (Å²) >= 11 is 0. The standard InChI is InChI=1S/C81H68F3N3/c1-44-30-49(6)76(50(7)31-44)57-18-25-71-65(38-57)66-39-58(77-51(8)32-45(2)33-52(77)9)19-26-72(66)86(71)62-23-24-70(85-14)63(43-62)64-42-61(80-48(5)16-15-17-69(80)81(82,83)84)22-29-73(64)87-74-27-20-59(78-53(10)34-46(3)35-54(78)11)40-67(74)68-41-60(21-28-75(68)87)79-55(12)36-47(4)37-56(79)13/h15-43H,1-13H3. The number of hydrogen-bond donors (Lipinski definition) is 0. The van der Waals surface area contributed by atoms with Crippen molar-refractivity contribution in [1.29, 1.82) is 0 Å². The van der Waals surface area contributed by atoms with Crippen molar-refractivity contribution in [2.75, 3.05) is 0 Å². The summed E-state index contributed by atoms with van der Waals surface area (Å²) in [5.74, 6) is 0. The molecule has 13 aromatic rings. The highest BCUT2D eigenvalue weighted by Gasteiger charge is 2.35. The number of fused-ring (bicyclic) bond motifs is 6. The maximum absolute atomic E-state index is 15.3. The van der Waals surface area contributed by atoms with Crippen molar-refractivity contribution in [3.8, 4) is 78.1 Å². The predicted octanol–water partition coefficient (Wildman–Crippen LogP) is 23.5. The van der Waals surface area contributed by atoms with Crippen LogP contribution in [0.25, 0.3) is 127 Å². The van der Waals surface area contributed by atoms with Crippen LogP contribution in [0.4, 0.5) is 18.9 Å². The van der Waals surface area contributed by atoms with Gasteiger partial charge in [-0.15, -0.1) is 0 Å². The molecular formula is C81H68F3N3. The first-order valence-corrected chi connectivity index (χ1v) is 29.9. The molecule has 428 valence electrons. The van der Waals surface area contributed by atoms with Gasteiger partial charge in [-0.05, 0) is 286 Å². The van der Waals surface area contributed by atoms with Gasteiger partial charge in [-0.25, -0.2) is 4.85 Å². The summed E-state index contributed by atoms with van der Waals surface area (Å²) < 4.78 is 50.5. The zero-order valence-corrected chi connectivity index (χ0v) is 51.7. The maximum Gasteiger partial charge on any atom is 0.417 e. The minimum atomic E-state index is -4.63. The van der Waals surface area contributed by atoms with Crippen molar-refractivity contribution in [1.82, 2.24) is 9.13 Å². The summed E-state index contributed by atoms with van der Waals surface area (Å²) in [4.78, 5) is 4.24. The Morgan fingerprint density at radius 1 is 0.322 bits per heavy atom. The first-order chi connectivity index (χ1) is 41.6. The van der Waals surface area contributed by atoms with Gasteiger partial charge >= 0.3 is 6.18 Å². The Morgan fingerprint density at radius 3 is 1.02 bits per heavy atom. The minimum absolute atomic E-state index is 0.106. The van der Waals surface area contributed by atoms with Gasteiger partial charge in [0.2, 0.25) is 0 Å². The lowest BCUT2D eigenvalue weighted by Gasteiger charge is -2.21. The van der Waals surface area contributed by atoms with Crippen molar-refractivity contribution < 1.29 is 13.2 Å². The fourth-order valence-corrected chi connectivity index (χ4v) is 15.1. The Labute approximate surface area is 508 Å². The molecule has 3 nitrogen and oxygen atoms in total. The van der Waals surface area contributed by atoms with E-state index in [0.717, 1.165) is 77.2 Å². The Bertz CT molecular complexity index is 4800. The van der Waals surface area contributed by atoms with Gasteiger partial charge in [0, 0.05) is 27.2 Å². The average Bonchev–Trinajstić information content (AvgIpc) is 1.62. The number of benzene rings is 11. The number of alkyl halides is 3. The monoisotopic (exact) mass is 1140 g/mol. The van der Waals surface area contributed by atoms with E-state index in [2.05, 4.69) is 224 Å². The number of aromatic nitrogens is 2. The molecule has 0 aliphatic rings. The zero-order chi connectivity index (χ0) is 61.2. The Kier molecular flexibility index (Phi) is 13.7. The molecule has 87 heavy (non-hydrogen) atoms. The van der Waals surface area contributed by atoms with Gasteiger partial charge in [0.05, 0.1) is 39.9 Å². The van der Waals surface area contributed by atoms with E-state index in [0.29, 0.717) is 27.9 Å². The van der Waals surface area contributed by atoms with E-state index in [1.54, 1.807) is 13.0 Å². The van der Waals surface area contributed by atoms with Crippen LogP contribution in [0.5, 0.6) is 0 Å². The molecule has 0 aliphatic carbocycles. The molecule has 11 aromatic carbocycles. The second-order valence-corrected chi connectivity index (χ2v) is 24.7. The molecule has 13 rings (SSSR count). The molecule has 0 amide bonds. The van der Waals surface area contributed by atoms with Crippen molar-refractivity contribution in [2.45, 2.75) is 96.2 Å². The second kappa shape index (κ2) is 21.1. The predicted molar refractivity (Wildman–Crippen MR) is 361 cm³/mol. The number of halogens is 3. The second-order valence-electron chi connectivity index (χ2n) is 24.7. The molecule has 0 saturated heterocycles. The molecular weight excluding hydrogens is 1070 g/mol. The summed E-state index contributed by atoms with van der Waals surface area (Å²) in [5, 5.41) is 4.24. The van der Waals surface area contributed by atoms with E-state index >= 15 is 13.2 Å². The highest BCUT2D eigenvalue weighted by Crippen LogP contribution is 2.48. The highest BCUT2D eigenvalue weighted by atomic mass is 19.4. The molecule has 6 heteroatoms. The molecule has 0 radical (unpaired) electrons. The fourth-order valence-electron chi connectivity index (χ4n) is 15.1. The van der Waals surface area contributed by atoms with E-state index in [9.17, 15) is 0 Å². The third kappa shape index (κ3) is 9.52. The molecule has 0 bridgehead atoms. The Hall–Kier alpha value is -9.70. The van der Waals surface area contributed by atoms with Gasteiger partial charge in [0.15, 0.2) is 5.69 Å². The van der Waals surface area contributed by atoms with E-state index < -0.39 is 11.7 Å². The van der Waals surface area contributed by atoms with E-state index in [4.69, 9.17) is 6.57 Å². The number of rotatable bonds is 8. The van der Waals surface area contributed by atoms with Crippen LogP contribution in [-0.2, 0) is 6.18 Å². The molecule has 0 unspecified atom stereocenters. The van der Waals surface area contributed by atoms with Crippen molar-refractivity contribution in [3.63, 3.8) is 0 Å². The lowest BCUT2D eigenvalue weighted by molar-refractivity contribution is -0.137. The third-order valence-corrected chi connectivity index (χ3v) is 18.1. The summed E-state index contributed by atoms with van der Waals surface area (Å²) in [6.45, 7) is 36.6. The molecule has 0 aliphatic heterocycles. The SMILES string of the molecule is [C-]#[N+]c1ccc(-n2c3ccc(-c4c(C)cc(C)cc4C)cc3c3cc(-c4c(C)cc(C)cc4C)ccc32)cc1-c1cc(-c2c(C)cccc2C(F)(F)F)ccc1-n1c2ccc(-c3c(C)cc(C)cc3C)cc2c2cc(-c3c(C)cc(C)cc3C)ccc21. The smallest absolute Gasteiger partial charge is 0.309 e. The van der Waals surface area contributed by atoms with Gasteiger partial charge in [0.1, 0.15) is 0 Å². The van der Waals surface area contributed by atoms with Crippen LogP contribution in [0, 0.1) is 96.6 Å². The fraction of sp³-hybridized carbons (Fsp3) is 0.173. The molecule has 0 saturated carbocycles. The van der Waals surface area contributed by atoms with E-state index in [-0.39, 0.29) is 5.56 Å². The van der Waals surface area contributed by atoms with Crippen LogP contribution in [0.15, 0.2) is 176 Å². The molecule has 0 fully saturated rings. The molecule has 2 aromatic heterocycles. The van der Waals surface area contributed by atoms with Gasteiger partial charge in [-0.2, -0.15) is 13.2 Å². The van der Waals surface area contributed by atoms with Gasteiger partial charge < -0.3 is 9.13 Å². The van der Waals surface area contributed by atoms with Crippen LogP contribution < -0.4 is 0 Å². The summed E-state index contributed by atoms with van der Waals surface area (Å²) in [5.41, 5.74) is 31.0. The van der Waals surface area contributed by atoms with Crippen LogP contribution >= 0.6 is 0 Å². The lowest BCUT2D eigenvalue weighted by Crippen LogP contribution is -2.08. The number of aryl methyl sites for hydroxylation is 13.